The highest BCUT2D eigenvalue weighted by atomic mass is 16.3. The molecular weight excluding hydrogens is 176 g/mol. The second-order valence-electron chi connectivity index (χ2n) is 4.66. The monoisotopic (exact) mass is 194 g/mol. The highest BCUT2D eigenvalue weighted by molar-refractivity contribution is 5.10. The highest BCUT2D eigenvalue weighted by Gasteiger charge is 2.35. The normalized spacial score (nSPS) is 33.2. The minimum Gasteiger partial charge on any atom is -0.383 e. The molecule has 0 aliphatic heterocycles. The zero-order valence-electron chi connectivity index (χ0n) is 8.90. The van der Waals surface area contributed by atoms with Crippen LogP contribution in [0.25, 0.3) is 0 Å². The molecule has 1 fully saturated rings. The number of aliphatic hydroxyl groups is 1. The number of aromatic nitrogens is 2. The minimum absolute atomic E-state index is 0.607. The SMILES string of the molecule is CC1CCCC(O)(c2cn(C)cn2)C1. The van der Waals surface area contributed by atoms with E-state index in [2.05, 4.69) is 11.9 Å². The van der Waals surface area contributed by atoms with Crippen molar-refractivity contribution < 1.29 is 5.11 Å². The highest BCUT2D eigenvalue weighted by Crippen LogP contribution is 2.38. The molecule has 1 N–H and O–H groups in total. The van der Waals surface area contributed by atoms with E-state index < -0.39 is 5.60 Å². The van der Waals surface area contributed by atoms with E-state index in [4.69, 9.17) is 0 Å². The molecule has 0 saturated heterocycles. The standard InChI is InChI=1S/C11H18N2O/c1-9-4-3-5-11(14,6-9)10-7-13(2)8-12-10/h7-9,14H,3-6H2,1-2H3. The van der Waals surface area contributed by atoms with Gasteiger partial charge in [-0.05, 0) is 25.2 Å². The van der Waals surface area contributed by atoms with Crippen LogP contribution in [0.1, 0.15) is 38.3 Å². The largest absolute Gasteiger partial charge is 0.383 e. The minimum atomic E-state index is -0.668. The summed E-state index contributed by atoms with van der Waals surface area (Å²) in [6, 6.07) is 0. The van der Waals surface area contributed by atoms with Gasteiger partial charge in [-0.1, -0.05) is 13.3 Å². The van der Waals surface area contributed by atoms with Gasteiger partial charge >= 0.3 is 0 Å². The van der Waals surface area contributed by atoms with E-state index in [1.807, 2.05) is 17.8 Å². The fraction of sp³-hybridized carbons (Fsp3) is 0.727. The lowest BCUT2D eigenvalue weighted by atomic mass is 9.77. The summed E-state index contributed by atoms with van der Waals surface area (Å²) in [4.78, 5) is 4.26. The topological polar surface area (TPSA) is 38.0 Å². The number of aryl methyl sites for hydroxylation is 1. The van der Waals surface area contributed by atoms with Gasteiger partial charge in [-0.2, -0.15) is 0 Å². The van der Waals surface area contributed by atoms with E-state index in [0.29, 0.717) is 5.92 Å². The molecule has 2 atom stereocenters. The third kappa shape index (κ3) is 1.69. The summed E-state index contributed by atoms with van der Waals surface area (Å²) < 4.78 is 1.90. The predicted octanol–water partition coefficient (Wildman–Crippen LogP) is 1.82. The summed E-state index contributed by atoms with van der Waals surface area (Å²) in [6.45, 7) is 2.20. The van der Waals surface area contributed by atoms with E-state index in [0.717, 1.165) is 25.0 Å². The lowest BCUT2D eigenvalue weighted by molar-refractivity contribution is -0.0213. The first kappa shape index (κ1) is 9.71. The average Bonchev–Trinajstić information content (AvgIpc) is 2.52. The fourth-order valence-corrected chi connectivity index (χ4v) is 2.41. The first-order chi connectivity index (χ1) is 6.60. The van der Waals surface area contributed by atoms with Crippen LogP contribution in [0.4, 0.5) is 0 Å². The Morgan fingerprint density at radius 3 is 3.00 bits per heavy atom. The smallest absolute Gasteiger partial charge is 0.108 e. The van der Waals surface area contributed by atoms with Gasteiger partial charge in [0.25, 0.3) is 0 Å². The third-order valence-electron chi connectivity index (χ3n) is 3.16. The van der Waals surface area contributed by atoms with Gasteiger partial charge in [0.2, 0.25) is 0 Å². The maximum absolute atomic E-state index is 10.5. The Balaban J connectivity index is 2.22. The molecule has 1 aromatic rings. The molecule has 1 saturated carbocycles. The predicted molar refractivity (Wildman–Crippen MR) is 54.7 cm³/mol. The molecule has 1 aromatic heterocycles. The van der Waals surface area contributed by atoms with Crippen LogP contribution in [0, 0.1) is 5.92 Å². The molecule has 14 heavy (non-hydrogen) atoms. The quantitative estimate of drug-likeness (QED) is 0.740. The molecule has 2 unspecified atom stereocenters. The third-order valence-corrected chi connectivity index (χ3v) is 3.16. The van der Waals surface area contributed by atoms with Crippen LogP contribution in [0.5, 0.6) is 0 Å². The fourth-order valence-electron chi connectivity index (χ4n) is 2.41. The van der Waals surface area contributed by atoms with Crippen molar-refractivity contribution in [1.29, 1.82) is 0 Å². The summed E-state index contributed by atoms with van der Waals surface area (Å²) in [6.07, 6.45) is 7.73. The van der Waals surface area contributed by atoms with E-state index >= 15 is 0 Å². The molecule has 0 bridgehead atoms. The van der Waals surface area contributed by atoms with E-state index in [9.17, 15) is 5.11 Å². The van der Waals surface area contributed by atoms with Crippen LogP contribution in [0.2, 0.25) is 0 Å². The molecule has 2 rings (SSSR count). The Bertz CT molecular complexity index is 321. The van der Waals surface area contributed by atoms with Gasteiger partial charge in [-0.3, -0.25) is 0 Å². The molecule has 0 aromatic carbocycles. The van der Waals surface area contributed by atoms with Crippen molar-refractivity contribution in [1.82, 2.24) is 9.55 Å². The van der Waals surface area contributed by atoms with Crippen LogP contribution in [-0.4, -0.2) is 14.7 Å². The Hall–Kier alpha value is -0.830. The summed E-state index contributed by atoms with van der Waals surface area (Å²) in [7, 11) is 1.94. The van der Waals surface area contributed by atoms with Crippen LogP contribution in [0.3, 0.4) is 0 Å². The van der Waals surface area contributed by atoms with E-state index in [1.165, 1.54) is 6.42 Å². The van der Waals surface area contributed by atoms with Crippen molar-refractivity contribution in [3.63, 3.8) is 0 Å². The summed E-state index contributed by atoms with van der Waals surface area (Å²) >= 11 is 0. The van der Waals surface area contributed by atoms with Crippen LogP contribution in [0.15, 0.2) is 12.5 Å². The summed E-state index contributed by atoms with van der Waals surface area (Å²) in [5.41, 5.74) is 0.172. The number of hydrogen-bond acceptors (Lipinski definition) is 2. The first-order valence-corrected chi connectivity index (χ1v) is 5.31. The number of nitrogens with zero attached hydrogens (tertiary/aromatic N) is 2. The van der Waals surface area contributed by atoms with Gasteiger partial charge < -0.3 is 9.67 Å². The Morgan fingerprint density at radius 1 is 1.64 bits per heavy atom. The van der Waals surface area contributed by atoms with Crippen molar-refractivity contribution in [2.45, 2.75) is 38.2 Å². The zero-order chi connectivity index (χ0) is 10.2. The van der Waals surface area contributed by atoms with E-state index in [-0.39, 0.29) is 0 Å². The van der Waals surface area contributed by atoms with Crippen LogP contribution >= 0.6 is 0 Å². The summed E-state index contributed by atoms with van der Waals surface area (Å²) in [5, 5.41) is 10.5. The van der Waals surface area contributed by atoms with Crippen LogP contribution < -0.4 is 0 Å². The van der Waals surface area contributed by atoms with Gasteiger partial charge in [0.15, 0.2) is 0 Å². The maximum atomic E-state index is 10.5. The molecule has 0 amide bonds. The lowest BCUT2D eigenvalue weighted by Gasteiger charge is -2.34. The second-order valence-corrected chi connectivity index (χ2v) is 4.66. The van der Waals surface area contributed by atoms with Crippen molar-refractivity contribution in [3.8, 4) is 0 Å². The zero-order valence-corrected chi connectivity index (χ0v) is 8.90. The van der Waals surface area contributed by atoms with Gasteiger partial charge in [0.1, 0.15) is 5.60 Å². The average molecular weight is 194 g/mol. The molecule has 0 radical (unpaired) electrons. The van der Waals surface area contributed by atoms with Crippen molar-refractivity contribution in [2.24, 2.45) is 13.0 Å². The number of rotatable bonds is 1. The van der Waals surface area contributed by atoms with Crippen molar-refractivity contribution in [3.05, 3.63) is 18.2 Å². The van der Waals surface area contributed by atoms with Crippen LogP contribution in [-0.2, 0) is 12.6 Å². The molecule has 78 valence electrons. The van der Waals surface area contributed by atoms with Gasteiger partial charge in [-0.15, -0.1) is 0 Å². The Kier molecular flexibility index (Phi) is 2.35. The van der Waals surface area contributed by atoms with Crippen molar-refractivity contribution in [2.75, 3.05) is 0 Å². The number of imidazole rings is 1. The maximum Gasteiger partial charge on any atom is 0.108 e. The van der Waals surface area contributed by atoms with E-state index in [1.54, 1.807) is 6.33 Å². The molecule has 1 heterocycles. The van der Waals surface area contributed by atoms with Gasteiger partial charge in [0, 0.05) is 13.2 Å². The number of hydrogen-bond donors (Lipinski definition) is 1. The first-order valence-electron chi connectivity index (χ1n) is 5.31. The summed E-state index contributed by atoms with van der Waals surface area (Å²) in [5.74, 6) is 0.607. The molecular formula is C11H18N2O. The molecule has 1 aliphatic rings. The van der Waals surface area contributed by atoms with Crippen molar-refractivity contribution >= 4 is 0 Å². The lowest BCUT2D eigenvalue weighted by Crippen LogP contribution is -2.32. The van der Waals surface area contributed by atoms with Gasteiger partial charge in [0.05, 0.1) is 12.0 Å². The Labute approximate surface area is 84.8 Å². The molecule has 3 nitrogen and oxygen atoms in total. The van der Waals surface area contributed by atoms with Gasteiger partial charge in [-0.25, -0.2) is 4.98 Å². The molecule has 3 heteroatoms. The molecule has 1 aliphatic carbocycles. The molecule has 0 spiro atoms. The second kappa shape index (κ2) is 3.39. The Morgan fingerprint density at radius 2 is 2.43 bits per heavy atom.